The Morgan fingerprint density at radius 1 is 1.04 bits per heavy atom. The van der Waals surface area contributed by atoms with E-state index in [0.717, 1.165) is 16.9 Å². The van der Waals surface area contributed by atoms with Gasteiger partial charge in [-0.3, -0.25) is 4.79 Å². The lowest BCUT2D eigenvalue weighted by Gasteiger charge is -2.16. The molecule has 2 aromatic rings. The maximum absolute atomic E-state index is 12.7. The Morgan fingerprint density at radius 2 is 1.67 bits per heavy atom. The van der Waals surface area contributed by atoms with Gasteiger partial charge < -0.3 is 10.0 Å². The second-order valence-corrected chi connectivity index (χ2v) is 5.81. The van der Waals surface area contributed by atoms with Gasteiger partial charge in [-0.1, -0.05) is 17.7 Å². The van der Waals surface area contributed by atoms with Crippen molar-refractivity contribution in [1.29, 1.82) is 0 Å². The molecule has 1 heterocycles. The molecule has 1 aliphatic heterocycles. The van der Waals surface area contributed by atoms with Crippen molar-refractivity contribution < 1.29 is 9.90 Å². The van der Waals surface area contributed by atoms with Crippen molar-refractivity contribution in [3.63, 3.8) is 0 Å². The number of rotatable bonds is 3. The molecule has 5 heteroatoms. The van der Waals surface area contributed by atoms with Gasteiger partial charge in [0.1, 0.15) is 5.75 Å². The number of benzene rings is 2. The van der Waals surface area contributed by atoms with Crippen molar-refractivity contribution in [2.45, 2.75) is 13.8 Å². The topological polar surface area (TPSA) is 56.1 Å². The summed E-state index contributed by atoms with van der Waals surface area (Å²) in [6.07, 6.45) is 1.77. The van der Waals surface area contributed by atoms with E-state index in [9.17, 15) is 9.90 Å². The highest BCUT2D eigenvalue weighted by Gasteiger charge is 2.29. The summed E-state index contributed by atoms with van der Waals surface area (Å²) in [7, 11) is 1.86. The van der Waals surface area contributed by atoms with Crippen molar-refractivity contribution in [3.05, 3.63) is 65.9 Å². The van der Waals surface area contributed by atoms with Crippen LogP contribution in [-0.4, -0.2) is 23.8 Å². The highest BCUT2D eigenvalue weighted by Crippen LogP contribution is 2.25. The Morgan fingerprint density at radius 3 is 2.29 bits per heavy atom. The molecule has 1 N–H and O–H groups in total. The zero-order chi connectivity index (χ0) is 17.3. The number of hydrogen-bond acceptors (Lipinski definition) is 4. The first-order valence-corrected chi connectivity index (χ1v) is 7.66. The number of carbonyl (C=O) groups is 1. The molecule has 0 fully saturated rings. The Balaban J connectivity index is 1.87. The van der Waals surface area contributed by atoms with Crippen molar-refractivity contribution >= 4 is 23.0 Å². The molecule has 0 saturated heterocycles. The molecule has 0 atom stereocenters. The second kappa shape index (κ2) is 6.20. The van der Waals surface area contributed by atoms with Crippen LogP contribution in [0.1, 0.15) is 12.5 Å². The third-order valence-electron chi connectivity index (χ3n) is 3.92. The van der Waals surface area contributed by atoms with Crippen molar-refractivity contribution in [3.8, 4) is 5.75 Å². The van der Waals surface area contributed by atoms with Crippen LogP contribution in [0, 0.1) is 6.92 Å². The van der Waals surface area contributed by atoms with E-state index in [-0.39, 0.29) is 11.7 Å². The van der Waals surface area contributed by atoms with E-state index >= 15 is 0 Å². The fraction of sp³-hybridized carbons (Fsp3) is 0.158. The van der Waals surface area contributed by atoms with Gasteiger partial charge in [0.25, 0.3) is 5.91 Å². The SMILES string of the molecule is CC1=NN(c2ccc(C)cc2)C(=O)/C1=C\N(C)c1ccc(O)cc1. The van der Waals surface area contributed by atoms with Crippen LogP contribution in [-0.2, 0) is 4.79 Å². The van der Waals surface area contributed by atoms with Gasteiger partial charge in [-0.15, -0.1) is 0 Å². The van der Waals surface area contributed by atoms with Crippen LogP contribution in [0.2, 0.25) is 0 Å². The Labute approximate surface area is 141 Å². The molecule has 122 valence electrons. The summed E-state index contributed by atoms with van der Waals surface area (Å²) < 4.78 is 0. The minimum Gasteiger partial charge on any atom is -0.508 e. The average molecular weight is 321 g/mol. The van der Waals surface area contributed by atoms with Crippen LogP contribution in [0.15, 0.2) is 65.4 Å². The molecule has 0 aromatic heterocycles. The first kappa shape index (κ1) is 15.8. The maximum Gasteiger partial charge on any atom is 0.282 e. The Bertz CT molecular complexity index is 821. The lowest BCUT2D eigenvalue weighted by atomic mass is 10.1. The number of aromatic hydroxyl groups is 1. The smallest absolute Gasteiger partial charge is 0.282 e. The lowest BCUT2D eigenvalue weighted by molar-refractivity contribution is -0.114. The van der Waals surface area contributed by atoms with Crippen LogP contribution in [0.4, 0.5) is 11.4 Å². The molecule has 3 rings (SSSR count). The van der Waals surface area contributed by atoms with Crippen molar-refractivity contribution in [2.75, 3.05) is 17.0 Å². The molecule has 0 radical (unpaired) electrons. The third-order valence-corrected chi connectivity index (χ3v) is 3.92. The van der Waals surface area contributed by atoms with Gasteiger partial charge >= 0.3 is 0 Å². The number of aryl methyl sites for hydroxylation is 1. The molecule has 5 nitrogen and oxygen atoms in total. The second-order valence-electron chi connectivity index (χ2n) is 5.81. The quantitative estimate of drug-likeness (QED) is 0.881. The zero-order valence-corrected chi connectivity index (χ0v) is 13.9. The lowest BCUT2D eigenvalue weighted by Crippen LogP contribution is -2.23. The number of nitrogens with zero attached hydrogens (tertiary/aromatic N) is 3. The van der Waals surface area contributed by atoms with Crippen molar-refractivity contribution in [2.24, 2.45) is 5.10 Å². The normalized spacial score (nSPS) is 15.8. The maximum atomic E-state index is 12.7. The standard InChI is InChI=1S/C19H19N3O2/c1-13-4-6-16(7-5-13)22-19(24)18(14(2)20-22)12-21(3)15-8-10-17(23)11-9-15/h4-12,23H,1-3H3/b18-12-. The fourth-order valence-corrected chi connectivity index (χ4v) is 2.48. The summed E-state index contributed by atoms with van der Waals surface area (Å²) in [6.45, 7) is 3.82. The number of hydrogen-bond donors (Lipinski definition) is 1. The fourth-order valence-electron chi connectivity index (χ4n) is 2.48. The van der Waals surface area contributed by atoms with E-state index in [1.165, 1.54) is 5.01 Å². The van der Waals surface area contributed by atoms with Crippen LogP contribution < -0.4 is 9.91 Å². The van der Waals surface area contributed by atoms with E-state index in [4.69, 9.17) is 0 Å². The summed E-state index contributed by atoms with van der Waals surface area (Å²) in [5, 5.41) is 15.2. The van der Waals surface area contributed by atoms with Crippen LogP contribution in [0.3, 0.4) is 0 Å². The summed E-state index contributed by atoms with van der Waals surface area (Å²) in [6, 6.07) is 14.5. The predicted octanol–water partition coefficient (Wildman–Crippen LogP) is 3.44. The van der Waals surface area contributed by atoms with Crippen LogP contribution >= 0.6 is 0 Å². The van der Waals surface area contributed by atoms with Gasteiger partial charge in [0.2, 0.25) is 0 Å². The molecule has 0 aliphatic carbocycles. The zero-order valence-electron chi connectivity index (χ0n) is 13.9. The molecule has 0 unspecified atom stereocenters. The van der Waals surface area contributed by atoms with Crippen LogP contribution in [0.25, 0.3) is 0 Å². The Kier molecular flexibility index (Phi) is 4.08. The van der Waals surface area contributed by atoms with E-state index in [1.54, 1.807) is 30.5 Å². The molecule has 2 aromatic carbocycles. The van der Waals surface area contributed by atoms with Crippen molar-refractivity contribution in [1.82, 2.24) is 0 Å². The minimum absolute atomic E-state index is 0.151. The van der Waals surface area contributed by atoms with Gasteiger partial charge in [-0.25, -0.2) is 0 Å². The monoisotopic (exact) mass is 321 g/mol. The molecule has 0 bridgehead atoms. The van der Waals surface area contributed by atoms with Gasteiger partial charge in [0.15, 0.2) is 0 Å². The molecule has 1 amide bonds. The van der Waals surface area contributed by atoms with Gasteiger partial charge in [-0.2, -0.15) is 10.1 Å². The average Bonchev–Trinajstić information content (AvgIpc) is 2.84. The van der Waals surface area contributed by atoms with E-state index < -0.39 is 0 Å². The Hall–Kier alpha value is -3.08. The summed E-state index contributed by atoms with van der Waals surface area (Å²) in [4.78, 5) is 14.5. The van der Waals surface area contributed by atoms with Gasteiger partial charge in [-0.05, 0) is 50.2 Å². The van der Waals surface area contributed by atoms with E-state index in [1.807, 2.05) is 50.1 Å². The number of carbonyl (C=O) groups excluding carboxylic acids is 1. The summed E-state index contributed by atoms with van der Waals surface area (Å²) in [5.74, 6) is 0.0574. The number of phenolic OH excluding ortho intramolecular Hbond substituents is 1. The molecular formula is C19H19N3O2. The number of hydrazone groups is 1. The molecule has 0 spiro atoms. The molecule has 1 aliphatic rings. The van der Waals surface area contributed by atoms with E-state index in [2.05, 4.69) is 5.10 Å². The van der Waals surface area contributed by atoms with E-state index in [0.29, 0.717) is 11.3 Å². The number of phenols is 1. The molecular weight excluding hydrogens is 302 g/mol. The highest BCUT2D eigenvalue weighted by atomic mass is 16.3. The number of amides is 1. The molecule has 24 heavy (non-hydrogen) atoms. The highest BCUT2D eigenvalue weighted by molar-refractivity contribution is 6.29. The third kappa shape index (κ3) is 3.01. The van der Waals surface area contributed by atoms with Gasteiger partial charge in [0, 0.05) is 18.9 Å². The first-order valence-electron chi connectivity index (χ1n) is 7.66. The summed E-state index contributed by atoms with van der Waals surface area (Å²) in [5.41, 5.74) is 3.97. The van der Waals surface area contributed by atoms with Gasteiger partial charge in [0.05, 0.1) is 17.0 Å². The predicted molar refractivity (Wildman–Crippen MR) is 96.4 cm³/mol. The largest absolute Gasteiger partial charge is 0.508 e. The number of anilines is 2. The molecule has 0 saturated carbocycles. The summed E-state index contributed by atoms with van der Waals surface area (Å²) >= 11 is 0. The first-order chi connectivity index (χ1) is 11.5. The minimum atomic E-state index is -0.151. The van der Waals surface area contributed by atoms with Crippen LogP contribution in [0.5, 0.6) is 5.75 Å².